The molecule has 144 valence electrons. The van der Waals surface area contributed by atoms with Gasteiger partial charge in [0.15, 0.2) is 11.5 Å². The van der Waals surface area contributed by atoms with Crippen LogP contribution >= 0.6 is 11.6 Å². The van der Waals surface area contributed by atoms with Gasteiger partial charge in [-0.1, -0.05) is 17.7 Å². The highest BCUT2D eigenvalue weighted by atomic mass is 35.5. The zero-order valence-corrected chi connectivity index (χ0v) is 16.2. The van der Waals surface area contributed by atoms with Gasteiger partial charge in [-0.15, -0.1) is 0 Å². The van der Waals surface area contributed by atoms with Gasteiger partial charge in [0, 0.05) is 6.54 Å². The van der Waals surface area contributed by atoms with Crippen molar-refractivity contribution in [2.45, 2.75) is 18.4 Å². The maximum Gasteiger partial charge on any atom is 0.323 e. The number of fused-ring (bicyclic) bond motifs is 1. The Labute approximate surface area is 160 Å². The first-order valence-electron chi connectivity index (χ1n) is 8.05. The second-order valence-corrected chi connectivity index (χ2v) is 7.79. The van der Waals surface area contributed by atoms with E-state index in [0.29, 0.717) is 34.7 Å². The van der Waals surface area contributed by atoms with Crippen LogP contribution < -0.4 is 19.9 Å². The van der Waals surface area contributed by atoms with E-state index < -0.39 is 15.7 Å². The Hall–Kier alpha value is -2.49. The van der Waals surface area contributed by atoms with Gasteiger partial charge in [0.25, 0.3) is 0 Å². The summed E-state index contributed by atoms with van der Waals surface area (Å²) in [7, 11) is -2.39. The molecule has 3 N–H and O–H groups in total. The molecule has 0 amide bonds. The van der Waals surface area contributed by atoms with Crippen LogP contribution in [0.3, 0.4) is 0 Å². The lowest BCUT2D eigenvalue weighted by Gasteiger charge is -2.12. The van der Waals surface area contributed by atoms with Crippen molar-refractivity contribution in [1.82, 2.24) is 14.7 Å². The number of nitrogens with one attached hydrogen (secondary N) is 3. The van der Waals surface area contributed by atoms with Gasteiger partial charge in [-0.3, -0.25) is 0 Å². The number of aromatic nitrogens is 2. The zero-order valence-electron chi connectivity index (χ0n) is 14.6. The lowest BCUT2D eigenvalue weighted by Crippen LogP contribution is -2.23. The van der Waals surface area contributed by atoms with E-state index in [0.717, 1.165) is 0 Å². The lowest BCUT2D eigenvalue weighted by atomic mass is 10.2. The molecule has 0 aliphatic heterocycles. The van der Waals surface area contributed by atoms with Gasteiger partial charge in [-0.25, -0.2) is 17.9 Å². The molecule has 0 spiro atoms. The smallest absolute Gasteiger partial charge is 0.323 e. The van der Waals surface area contributed by atoms with E-state index in [1.807, 2.05) is 6.92 Å². The Morgan fingerprint density at radius 2 is 1.81 bits per heavy atom. The van der Waals surface area contributed by atoms with E-state index in [9.17, 15) is 13.2 Å². The molecule has 27 heavy (non-hydrogen) atoms. The fraction of sp³-hybridized carbons (Fsp3) is 0.235. The molecule has 2 aromatic carbocycles. The molecule has 0 aliphatic rings. The SMILES string of the molecule is CCOc1ccc(CNS(=O)(=O)c2cc3[nH]c(=O)[nH]c3cc2Cl)cc1OC. The summed E-state index contributed by atoms with van der Waals surface area (Å²) in [5, 5.41) is 0.00882. The minimum atomic E-state index is -3.90. The Balaban J connectivity index is 1.85. The molecule has 3 aromatic rings. The maximum atomic E-state index is 12.6. The summed E-state index contributed by atoms with van der Waals surface area (Å²) in [5.41, 5.74) is 1.03. The predicted octanol–water partition coefficient (Wildman–Crippen LogP) is 2.40. The third-order valence-electron chi connectivity index (χ3n) is 3.85. The molecule has 0 unspecified atom stereocenters. The van der Waals surface area contributed by atoms with E-state index in [1.165, 1.54) is 19.2 Å². The molecule has 0 fully saturated rings. The Morgan fingerprint density at radius 1 is 1.11 bits per heavy atom. The van der Waals surface area contributed by atoms with Crippen LogP contribution in [0.25, 0.3) is 11.0 Å². The maximum absolute atomic E-state index is 12.6. The van der Waals surface area contributed by atoms with Crippen molar-refractivity contribution in [3.8, 4) is 11.5 Å². The number of benzene rings is 2. The number of hydrogen-bond donors (Lipinski definition) is 3. The summed E-state index contributed by atoms with van der Waals surface area (Å²) in [4.78, 5) is 16.3. The van der Waals surface area contributed by atoms with Crippen molar-refractivity contribution in [3.63, 3.8) is 0 Å². The molecule has 0 saturated carbocycles. The molecule has 10 heteroatoms. The number of H-pyrrole nitrogens is 2. The lowest BCUT2D eigenvalue weighted by molar-refractivity contribution is 0.310. The third kappa shape index (κ3) is 4.10. The van der Waals surface area contributed by atoms with Crippen LogP contribution in [0.2, 0.25) is 5.02 Å². The molecular formula is C17H18ClN3O5S. The highest BCUT2D eigenvalue weighted by Gasteiger charge is 2.20. The molecule has 1 aromatic heterocycles. The molecule has 1 heterocycles. The van der Waals surface area contributed by atoms with Crippen molar-refractivity contribution in [3.05, 3.63) is 51.4 Å². The predicted molar refractivity (Wildman–Crippen MR) is 102 cm³/mol. The number of ether oxygens (including phenoxy) is 2. The van der Waals surface area contributed by atoms with Crippen LogP contribution in [0.4, 0.5) is 0 Å². The minimum Gasteiger partial charge on any atom is -0.493 e. The molecular weight excluding hydrogens is 394 g/mol. The van der Waals surface area contributed by atoms with E-state index in [2.05, 4.69) is 14.7 Å². The highest BCUT2D eigenvalue weighted by molar-refractivity contribution is 7.89. The molecule has 8 nitrogen and oxygen atoms in total. The number of imidazole rings is 1. The van der Waals surface area contributed by atoms with Gasteiger partial charge in [-0.05, 0) is 36.8 Å². The standard InChI is InChI=1S/C17H18ClN3O5S/c1-3-26-14-5-4-10(6-15(14)25-2)9-19-27(23,24)16-8-13-12(7-11(16)18)20-17(22)21-13/h4-8,19H,3,9H2,1-2H3,(H2,20,21,22). The molecule has 0 saturated heterocycles. The van der Waals surface area contributed by atoms with Crippen molar-refractivity contribution in [2.75, 3.05) is 13.7 Å². The van der Waals surface area contributed by atoms with Crippen molar-refractivity contribution >= 4 is 32.7 Å². The van der Waals surface area contributed by atoms with Gasteiger partial charge in [0.05, 0.1) is 29.8 Å². The van der Waals surface area contributed by atoms with Gasteiger partial charge in [0.1, 0.15) is 4.90 Å². The van der Waals surface area contributed by atoms with Crippen molar-refractivity contribution in [1.29, 1.82) is 0 Å². The topological polar surface area (TPSA) is 113 Å². The quantitative estimate of drug-likeness (QED) is 0.552. The first kappa shape index (κ1) is 19.3. The fourth-order valence-electron chi connectivity index (χ4n) is 2.59. The van der Waals surface area contributed by atoms with E-state index in [-0.39, 0.29) is 16.5 Å². The average molecular weight is 412 g/mol. The number of halogens is 1. The summed E-state index contributed by atoms with van der Waals surface area (Å²) in [6, 6.07) is 7.86. The van der Waals surface area contributed by atoms with Gasteiger partial charge >= 0.3 is 5.69 Å². The summed E-state index contributed by atoms with van der Waals surface area (Å²) in [6.07, 6.45) is 0. The third-order valence-corrected chi connectivity index (χ3v) is 5.72. The van der Waals surface area contributed by atoms with Crippen LogP contribution in [0.1, 0.15) is 12.5 Å². The number of methoxy groups -OCH3 is 1. The van der Waals surface area contributed by atoms with Crippen LogP contribution in [0.5, 0.6) is 11.5 Å². The van der Waals surface area contributed by atoms with Crippen molar-refractivity contribution < 1.29 is 17.9 Å². The van der Waals surface area contributed by atoms with Crippen LogP contribution in [-0.2, 0) is 16.6 Å². The highest BCUT2D eigenvalue weighted by Crippen LogP contribution is 2.29. The van der Waals surface area contributed by atoms with E-state index in [1.54, 1.807) is 18.2 Å². The van der Waals surface area contributed by atoms with E-state index >= 15 is 0 Å². The van der Waals surface area contributed by atoms with Crippen LogP contribution in [0.15, 0.2) is 40.0 Å². The first-order valence-corrected chi connectivity index (χ1v) is 9.91. The largest absolute Gasteiger partial charge is 0.493 e. The molecule has 0 bridgehead atoms. The Kier molecular flexibility index (Phi) is 5.45. The molecule has 0 aliphatic carbocycles. The summed E-state index contributed by atoms with van der Waals surface area (Å²) >= 11 is 6.09. The van der Waals surface area contributed by atoms with Crippen LogP contribution in [-0.4, -0.2) is 32.1 Å². The van der Waals surface area contributed by atoms with Crippen LogP contribution in [0, 0.1) is 0 Å². The first-order chi connectivity index (χ1) is 12.8. The van der Waals surface area contributed by atoms with Crippen molar-refractivity contribution in [2.24, 2.45) is 0 Å². The molecule has 0 radical (unpaired) electrons. The number of rotatable bonds is 7. The molecule has 0 atom stereocenters. The summed E-state index contributed by atoms with van der Waals surface area (Å²) in [5.74, 6) is 1.09. The minimum absolute atomic E-state index is 0.00882. The fourth-order valence-corrected chi connectivity index (χ4v) is 4.16. The zero-order chi connectivity index (χ0) is 19.6. The Bertz CT molecular complexity index is 1140. The second kappa shape index (κ2) is 7.63. The summed E-state index contributed by atoms with van der Waals surface area (Å²) in [6.45, 7) is 2.38. The number of hydrogen-bond acceptors (Lipinski definition) is 5. The average Bonchev–Trinajstić information content (AvgIpc) is 2.99. The second-order valence-electron chi connectivity index (χ2n) is 5.65. The summed E-state index contributed by atoms with van der Waals surface area (Å²) < 4.78 is 38.5. The molecule has 3 rings (SSSR count). The Morgan fingerprint density at radius 3 is 2.48 bits per heavy atom. The number of sulfonamides is 1. The monoisotopic (exact) mass is 411 g/mol. The van der Waals surface area contributed by atoms with Gasteiger partial charge < -0.3 is 19.4 Å². The van der Waals surface area contributed by atoms with Gasteiger partial charge in [0.2, 0.25) is 10.0 Å². The number of aromatic amines is 2. The van der Waals surface area contributed by atoms with E-state index in [4.69, 9.17) is 21.1 Å². The normalized spacial score (nSPS) is 11.7. The van der Waals surface area contributed by atoms with Gasteiger partial charge in [-0.2, -0.15) is 0 Å².